The summed E-state index contributed by atoms with van der Waals surface area (Å²) in [6, 6.07) is 0. The molecule has 0 radical (unpaired) electrons. The van der Waals surface area contributed by atoms with Crippen LogP contribution in [-0.4, -0.2) is 156 Å². The molecule has 0 aromatic heterocycles. The molecular weight excluding hydrogens is 580 g/mol. The molecule has 0 aromatic carbocycles. The summed E-state index contributed by atoms with van der Waals surface area (Å²) in [4.78, 5) is 0. The second kappa shape index (κ2) is 15.0. The van der Waals surface area contributed by atoms with Crippen LogP contribution in [0.25, 0.3) is 0 Å². The van der Waals surface area contributed by atoms with E-state index in [2.05, 4.69) is 185 Å². The average molecular weight is 646 g/mol. The first-order chi connectivity index (χ1) is 17.7. The summed E-state index contributed by atoms with van der Waals surface area (Å²) in [5.41, 5.74) is -0.340. The SMILES string of the molecule is CN(C)[P+](=NP(=NC(C)(C)CC(C)(C)C)(N=P(N(C)C)(N(C)C)N(C)C)N=P(N(C)C)(N(C)C)N(C)C)N(C)C. The summed E-state index contributed by atoms with van der Waals surface area (Å²) in [5.74, 6) is 0. The fraction of sp³-hybridized carbons (Fsp3) is 1.00. The second-order valence-corrected chi connectivity index (χ2v) is 26.1. The summed E-state index contributed by atoms with van der Waals surface area (Å²) in [6.07, 6.45) is 0.888. The fourth-order valence-electron chi connectivity index (χ4n) is 5.38. The highest BCUT2D eigenvalue weighted by Crippen LogP contribution is 2.76. The number of rotatable bonds is 13. The molecule has 0 amide bonds. The van der Waals surface area contributed by atoms with Gasteiger partial charge in [-0.05, 0) is 110 Å². The van der Waals surface area contributed by atoms with E-state index in [4.69, 9.17) is 18.3 Å². The molecule has 0 saturated heterocycles. The van der Waals surface area contributed by atoms with Gasteiger partial charge in [-0.3, -0.25) is 28.0 Å². The molecule has 0 N–H and O–H groups in total. The molecule has 0 aliphatic carbocycles. The van der Waals surface area contributed by atoms with Crippen molar-refractivity contribution in [1.29, 1.82) is 0 Å². The van der Waals surface area contributed by atoms with E-state index in [1.165, 1.54) is 0 Å². The molecule has 12 nitrogen and oxygen atoms in total. The highest BCUT2D eigenvalue weighted by atomic mass is 31.2. The van der Waals surface area contributed by atoms with Gasteiger partial charge in [0.05, 0.1) is 5.54 Å². The van der Waals surface area contributed by atoms with Gasteiger partial charge in [-0.2, -0.15) is 9.03 Å². The maximum Gasteiger partial charge on any atom is 0.406 e. The maximum atomic E-state index is 5.90. The number of nitrogens with zero attached hydrogens (tertiary/aromatic N) is 12. The average Bonchev–Trinajstić information content (AvgIpc) is 2.70. The molecular formula is C24H65N12P4+. The Morgan fingerprint density at radius 1 is 0.500 bits per heavy atom. The molecule has 0 saturated carbocycles. The second-order valence-electron chi connectivity index (χ2n) is 13.6. The van der Waals surface area contributed by atoms with Crippen LogP contribution in [0.2, 0.25) is 0 Å². The lowest BCUT2D eigenvalue weighted by Gasteiger charge is -2.44. The standard InChI is InChI=1S/C24H65N12P4/c1-23(2,3)22-24(4,5)25-38(26-37(29(6)7)30(8)9,27-39(31(10)11,32(12)13)33(14)15)28-40(34(16)17,35(18)19)36(20)21/h22H2,1-21H3/q+1. The third kappa shape index (κ3) is 10.0. The van der Waals surface area contributed by atoms with Gasteiger partial charge in [0.15, 0.2) is 15.0 Å². The third-order valence-corrected chi connectivity index (χ3v) is 20.1. The van der Waals surface area contributed by atoms with Crippen molar-refractivity contribution in [2.24, 2.45) is 23.7 Å². The molecule has 0 bridgehead atoms. The summed E-state index contributed by atoms with van der Waals surface area (Å²) in [7, 11) is 24.6. The van der Waals surface area contributed by atoms with Crippen molar-refractivity contribution in [2.45, 2.75) is 46.6 Å². The van der Waals surface area contributed by atoms with Crippen LogP contribution < -0.4 is 0 Å². The first kappa shape index (κ1) is 40.5. The van der Waals surface area contributed by atoms with Crippen molar-refractivity contribution < 1.29 is 0 Å². The first-order valence-electron chi connectivity index (χ1n) is 13.6. The van der Waals surface area contributed by atoms with Crippen LogP contribution in [0, 0.1) is 5.41 Å². The van der Waals surface area contributed by atoms with Crippen molar-refractivity contribution in [3.8, 4) is 0 Å². The highest BCUT2D eigenvalue weighted by Gasteiger charge is 2.43. The Hall–Kier alpha value is 0.470. The lowest BCUT2D eigenvalue weighted by Crippen LogP contribution is -2.31. The Morgan fingerprint density at radius 2 is 0.775 bits per heavy atom. The van der Waals surface area contributed by atoms with Gasteiger partial charge in [0.2, 0.25) is 0 Å². The topological polar surface area (TPSA) is 75.4 Å². The summed E-state index contributed by atoms with van der Waals surface area (Å²) < 4.78 is 41.1. The Kier molecular flexibility index (Phi) is 15.1. The van der Waals surface area contributed by atoms with Gasteiger partial charge in [0, 0.05) is 32.7 Å². The van der Waals surface area contributed by atoms with Gasteiger partial charge < -0.3 is 0 Å². The molecule has 0 aliphatic rings. The summed E-state index contributed by atoms with van der Waals surface area (Å²) in [5, 5.41) is 0. The van der Waals surface area contributed by atoms with Gasteiger partial charge in [0.25, 0.3) is 0 Å². The van der Waals surface area contributed by atoms with Gasteiger partial charge in [-0.25, -0.2) is 4.74 Å². The largest absolute Gasteiger partial charge is 0.406 e. The van der Waals surface area contributed by atoms with Crippen LogP contribution in [0.15, 0.2) is 18.3 Å². The fourth-order valence-corrected chi connectivity index (χ4v) is 21.6. The van der Waals surface area contributed by atoms with Crippen LogP contribution in [0.1, 0.15) is 41.0 Å². The summed E-state index contributed by atoms with van der Waals surface area (Å²) in [6.45, 7) is 11.3. The van der Waals surface area contributed by atoms with Crippen LogP contribution in [0.3, 0.4) is 0 Å². The molecule has 0 fully saturated rings. The van der Waals surface area contributed by atoms with Crippen molar-refractivity contribution in [3.63, 3.8) is 0 Å². The monoisotopic (exact) mass is 645 g/mol. The summed E-state index contributed by atoms with van der Waals surface area (Å²) >= 11 is 0. The lowest BCUT2D eigenvalue weighted by atomic mass is 9.82. The maximum absolute atomic E-state index is 5.90. The van der Waals surface area contributed by atoms with E-state index in [-0.39, 0.29) is 5.41 Å². The van der Waals surface area contributed by atoms with E-state index in [0.29, 0.717) is 0 Å². The van der Waals surface area contributed by atoms with E-state index in [1.54, 1.807) is 0 Å². The van der Waals surface area contributed by atoms with Crippen LogP contribution in [0.4, 0.5) is 0 Å². The molecule has 40 heavy (non-hydrogen) atoms. The van der Waals surface area contributed by atoms with Crippen molar-refractivity contribution in [3.05, 3.63) is 0 Å². The van der Waals surface area contributed by atoms with E-state index in [1.807, 2.05) is 0 Å². The van der Waals surface area contributed by atoms with E-state index < -0.39 is 36.1 Å². The van der Waals surface area contributed by atoms with Crippen LogP contribution in [0.5, 0.6) is 0 Å². The minimum absolute atomic E-state index is 0.0737. The Morgan fingerprint density at radius 3 is 0.975 bits per heavy atom. The lowest BCUT2D eigenvalue weighted by molar-refractivity contribution is 0.290. The van der Waals surface area contributed by atoms with E-state index in [9.17, 15) is 0 Å². The minimum atomic E-state index is -3.14. The zero-order valence-electron chi connectivity index (χ0n) is 29.9. The Labute approximate surface area is 250 Å². The highest BCUT2D eigenvalue weighted by molar-refractivity contribution is 7.79. The van der Waals surface area contributed by atoms with Crippen LogP contribution >= 0.6 is 30.5 Å². The molecule has 16 heteroatoms. The Bertz CT molecular complexity index is 904. The molecule has 0 spiro atoms. The zero-order valence-corrected chi connectivity index (χ0v) is 33.4. The predicted molar refractivity (Wildman–Crippen MR) is 185 cm³/mol. The van der Waals surface area contributed by atoms with Gasteiger partial charge >= 0.3 is 15.5 Å². The molecule has 0 rings (SSSR count). The molecule has 0 atom stereocenters. The Balaban J connectivity index is 9.17. The van der Waals surface area contributed by atoms with E-state index >= 15 is 0 Å². The van der Waals surface area contributed by atoms with Crippen molar-refractivity contribution in [2.75, 3.05) is 113 Å². The van der Waals surface area contributed by atoms with Crippen molar-refractivity contribution in [1.82, 2.24) is 37.4 Å². The van der Waals surface area contributed by atoms with Gasteiger partial charge in [0.1, 0.15) is 0 Å². The van der Waals surface area contributed by atoms with Crippen molar-refractivity contribution >= 4 is 30.5 Å². The minimum Gasteiger partial charge on any atom is -0.252 e. The van der Waals surface area contributed by atoms with E-state index in [0.717, 1.165) is 6.42 Å². The quantitative estimate of drug-likeness (QED) is 0.198. The zero-order chi connectivity index (χ0) is 32.2. The molecule has 0 aromatic rings. The molecule has 0 aliphatic heterocycles. The third-order valence-electron chi connectivity index (χ3n) is 5.98. The normalized spacial score (nSPS) is 14.5. The van der Waals surface area contributed by atoms with Gasteiger partial charge in [-0.1, -0.05) is 20.8 Å². The molecule has 0 unspecified atom stereocenters. The number of hydrogen-bond donors (Lipinski definition) is 0. The smallest absolute Gasteiger partial charge is 0.252 e. The first-order valence-corrected chi connectivity index (χ1v) is 19.6. The van der Waals surface area contributed by atoms with Gasteiger partial charge in [-0.15, -0.1) is 9.34 Å². The number of hydrogen-bond acceptors (Lipinski definition) is 1. The predicted octanol–water partition coefficient (Wildman–Crippen LogP) is 7.03. The molecule has 240 valence electrons. The molecule has 0 heterocycles. The van der Waals surface area contributed by atoms with Crippen LogP contribution in [-0.2, 0) is 0 Å².